The third-order valence-electron chi connectivity index (χ3n) is 3.88. The van der Waals surface area contributed by atoms with Crippen LogP contribution in [0.3, 0.4) is 0 Å². The summed E-state index contributed by atoms with van der Waals surface area (Å²) < 4.78 is 5.30. The zero-order valence-corrected chi connectivity index (χ0v) is 13.4. The van der Waals surface area contributed by atoms with E-state index in [4.69, 9.17) is 9.84 Å². The maximum atomic E-state index is 12.3. The SMILES string of the molecule is C[C@@H](NC(=O)c1ccc(C(=O)O)cc1)c1ccc2c(c1)NC(=O)CO2. The second-order valence-electron chi connectivity index (χ2n) is 5.67. The van der Waals surface area contributed by atoms with Crippen LogP contribution in [-0.4, -0.2) is 29.5 Å². The lowest BCUT2D eigenvalue weighted by Gasteiger charge is -2.21. The number of nitrogens with one attached hydrogen (secondary N) is 2. The van der Waals surface area contributed by atoms with E-state index in [1.807, 2.05) is 13.0 Å². The summed E-state index contributed by atoms with van der Waals surface area (Å²) in [6.45, 7) is 1.81. The molecule has 7 nitrogen and oxygen atoms in total. The van der Waals surface area contributed by atoms with Gasteiger partial charge in [0, 0.05) is 5.56 Å². The van der Waals surface area contributed by atoms with Crippen LogP contribution in [0.4, 0.5) is 5.69 Å². The summed E-state index contributed by atoms with van der Waals surface area (Å²) in [5, 5.41) is 14.4. The Kier molecular flexibility index (Phi) is 4.38. The van der Waals surface area contributed by atoms with Crippen molar-refractivity contribution in [1.82, 2.24) is 5.32 Å². The topological polar surface area (TPSA) is 105 Å². The van der Waals surface area contributed by atoms with Crippen molar-refractivity contribution in [1.29, 1.82) is 0 Å². The number of hydrogen-bond acceptors (Lipinski definition) is 4. The van der Waals surface area contributed by atoms with Gasteiger partial charge in [0.1, 0.15) is 5.75 Å². The quantitative estimate of drug-likeness (QED) is 0.791. The lowest BCUT2D eigenvalue weighted by Crippen LogP contribution is -2.28. The number of hydrogen-bond donors (Lipinski definition) is 3. The Morgan fingerprint density at radius 1 is 1.16 bits per heavy atom. The first-order valence-corrected chi connectivity index (χ1v) is 7.65. The summed E-state index contributed by atoms with van der Waals surface area (Å²) in [6, 6.07) is 10.7. The van der Waals surface area contributed by atoms with Gasteiger partial charge in [-0.15, -0.1) is 0 Å². The molecule has 0 bridgehead atoms. The van der Waals surface area contributed by atoms with Crippen molar-refractivity contribution in [3.05, 3.63) is 59.2 Å². The molecule has 0 unspecified atom stereocenters. The van der Waals surface area contributed by atoms with Crippen LogP contribution >= 0.6 is 0 Å². The van der Waals surface area contributed by atoms with Crippen molar-refractivity contribution in [2.24, 2.45) is 0 Å². The van der Waals surface area contributed by atoms with Crippen LogP contribution in [0.1, 0.15) is 39.2 Å². The fourth-order valence-electron chi connectivity index (χ4n) is 2.50. The van der Waals surface area contributed by atoms with E-state index in [2.05, 4.69) is 10.6 Å². The van der Waals surface area contributed by atoms with Crippen molar-refractivity contribution >= 4 is 23.5 Å². The van der Waals surface area contributed by atoms with E-state index >= 15 is 0 Å². The van der Waals surface area contributed by atoms with Gasteiger partial charge in [0.15, 0.2) is 6.61 Å². The lowest BCUT2D eigenvalue weighted by atomic mass is 10.1. The highest BCUT2D eigenvalue weighted by Crippen LogP contribution is 2.30. The van der Waals surface area contributed by atoms with Gasteiger partial charge in [-0.1, -0.05) is 6.07 Å². The number of ether oxygens (including phenoxy) is 1. The van der Waals surface area contributed by atoms with Gasteiger partial charge in [0.25, 0.3) is 11.8 Å². The first kappa shape index (κ1) is 16.5. The van der Waals surface area contributed by atoms with Crippen molar-refractivity contribution in [2.45, 2.75) is 13.0 Å². The Labute approximate surface area is 143 Å². The third kappa shape index (κ3) is 3.60. The molecule has 1 heterocycles. The van der Waals surface area contributed by atoms with E-state index in [1.165, 1.54) is 24.3 Å². The molecule has 1 atom stereocenters. The maximum Gasteiger partial charge on any atom is 0.335 e. The number of carbonyl (C=O) groups excluding carboxylic acids is 2. The fourth-order valence-corrected chi connectivity index (χ4v) is 2.50. The summed E-state index contributed by atoms with van der Waals surface area (Å²) in [4.78, 5) is 34.5. The van der Waals surface area contributed by atoms with Gasteiger partial charge in [-0.3, -0.25) is 9.59 Å². The van der Waals surface area contributed by atoms with E-state index in [0.29, 0.717) is 17.0 Å². The molecule has 2 aromatic carbocycles. The second kappa shape index (κ2) is 6.64. The minimum Gasteiger partial charge on any atom is -0.482 e. The van der Waals surface area contributed by atoms with E-state index < -0.39 is 5.97 Å². The van der Waals surface area contributed by atoms with Crippen LogP contribution in [0, 0.1) is 0 Å². The lowest BCUT2D eigenvalue weighted by molar-refractivity contribution is -0.118. The van der Waals surface area contributed by atoms with Gasteiger partial charge in [0.2, 0.25) is 0 Å². The summed E-state index contributed by atoms with van der Waals surface area (Å²) in [5.41, 5.74) is 1.86. The van der Waals surface area contributed by atoms with Crippen LogP contribution in [0.15, 0.2) is 42.5 Å². The normalized spacial score (nSPS) is 13.9. The van der Waals surface area contributed by atoms with E-state index in [-0.39, 0.29) is 30.0 Å². The highest BCUT2D eigenvalue weighted by molar-refractivity contribution is 5.97. The Balaban J connectivity index is 1.72. The number of carboxylic acids is 1. The van der Waals surface area contributed by atoms with Gasteiger partial charge in [-0.05, 0) is 48.9 Å². The Morgan fingerprint density at radius 3 is 2.52 bits per heavy atom. The second-order valence-corrected chi connectivity index (χ2v) is 5.67. The molecule has 0 aliphatic carbocycles. The van der Waals surface area contributed by atoms with Crippen molar-refractivity contribution < 1.29 is 24.2 Å². The molecule has 25 heavy (non-hydrogen) atoms. The molecule has 2 aromatic rings. The van der Waals surface area contributed by atoms with Gasteiger partial charge in [0.05, 0.1) is 17.3 Å². The molecular formula is C18H16N2O5. The zero-order chi connectivity index (χ0) is 18.0. The predicted octanol–water partition coefficient (Wildman–Crippen LogP) is 2.21. The predicted molar refractivity (Wildman–Crippen MR) is 89.8 cm³/mol. The van der Waals surface area contributed by atoms with Crippen molar-refractivity contribution in [2.75, 3.05) is 11.9 Å². The number of rotatable bonds is 4. The molecule has 1 aliphatic rings. The zero-order valence-electron chi connectivity index (χ0n) is 13.4. The molecule has 7 heteroatoms. The van der Waals surface area contributed by atoms with Gasteiger partial charge in [-0.2, -0.15) is 0 Å². The fraction of sp³-hybridized carbons (Fsp3) is 0.167. The highest BCUT2D eigenvalue weighted by atomic mass is 16.5. The number of fused-ring (bicyclic) bond motifs is 1. The van der Waals surface area contributed by atoms with Crippen LogP contribution in [0.25, 0.3) is 0 Å². The first-order valence-electron chi connectivity index (χ1n) is 7.65. The largest absolute Gasteiger partial charge is 0.482 e. The molecule has 1 aliphatic heterocycles. The molecular weight excluding hydrogens is 324 g/mol. The van der Waals surface area contributed by atoms with Crippen molar-refractivity contribution in [3.63, 3.8) is 0 Å². The summed E-state index contributed by atoms with van der Waals surface area (Å²) in [5.74, 6) is -0.993. The summed E-state index contributed by atoms with van der Waals surface area (Å²) in [7, 11) is 0. The average Bonchev–Trinajstić information content (AvgIpc) is 2.61. The van der Waals surface area contributed by atoms with E-state index in [9.17, 15) is 14.4 Å². The molecule has 0 aromatic heterocycles. The van der Waals surface area contributed by atoms with E-state index in [0.717, 1.165) is 5.56 Å². The molecule has 0 saturated heterocycles. The molecule has 128 valence electrons. The first-order chi connectivity index (χ1) is 11.9. The summed E-state index contributed by atoms with van der Waals surface area (Å²) >= 11 is 0. The molecule has 0 radical (unpaired) electrons. The average molecular weight is 340 g/mol. The Bertz CT molecular complexity index is 845. The van der Waals surface area contributed by atoms with Crippen molar-refractivity contribution in [3.8, 4) is 5.75 Å². The van der Waals surface area contributed by atoms with Crippen LogP contribution in [0.5, 0.6) is 5.75 Å². The van der Waals surface area contributed by atoms with Crippen LogP contribution in [0.2, 0.25) is 0 Å². The van der Waals surface area contributed by atoms with Gasteiger partial charge < -0.3 is 20.5 Å². The van der Waals surface area contributed by atoms with Gasteiger partial charge in [-0.25, -0.2) is 4.79 Å². The Hall–Kier alpha value is -3.35. The van der Waals surface area contributed by atoms with Crippen LogP contribution in [-0.2, 0) is 4.79 Å². The molecule has 0 fully saturated rings. The third-order valence-corrected chi connectivity index (χ3v) is 3.88. The number of aromatic carboxylic acids is 1. The number of carboxylic acid groups (broad SMARTS) is 1. The molecule has 3 N–H and O–H groups in total. The maximum absolute atomic E-state index is 12.3. The highest BCUT2D eigenvalue weighted by Gasteiger charge is 2.18. The number of amides is 2. The van der Waals surface area contributed by atoms with Gasteiger partial charge >= 0.3 is 5.97 Å². The molecule has 0 saturated carbocycles. The minimum atomic E-state index is -1.04. The smallest absolute Gasteiger partial charge is 0.335 e. The van der Waals surface area contributed by atoms with Crippen LogP contribution < -0.4 is 15.4 Å². The molecule has 2 amide bonds. The molecule has 3 rings (SSSR count). The number of carbonyl (C=O) groups is 3. The minimum absolute atomic E-state index is 0.00895. The molecule has 0 spiro atoms. The standard InChI is InChI=1S/C18H16N2O5/c1-10(13-6-7-15-14(8-13)20-16(21)9-25-15)19-17(22)11-2-4-12(5-3-11)18(23)24/h2-8,10H,9H2,1H3,(H,19,22)(H,20,21)(H,23,24)/t10-/m1/s1. The summed E-state index contributed by atoms with van der Waals surface area (Å²) in [6.07, 6.45) is 0. The monoisotopic (exact) mass is 340 g/mol. The number of anilines is 1. The van der Waals surface area contributed by atoms with E-state index in [1.54, 1.807) is 12.1 Å². The number of benzene rings is 2. The Morgan fingerprint density at radius 2 is 1.84 bits per heavy atom.